The Balaban J connectivity index is 1.46. The number of hydrogen-bond acceptors (Lipinski definition) is 4. The summed E-state index contributed by atoms with van der Waals surface area (Å²) >= 11 is 1.70. The molecule has 0 atom stereocenters. The van der Waals surface area contributed by atoms with E-state index >= 15 is 0 Å². The average molecular weight is 382 g/mol. The van der Waals surface area contributed by atoms with E-state index in [-0.39, 0.29) is 17.1 Å². The van der Waals surface area contributed by atoms with Crippen molar-refractivity contribution in [2.24, 2.45) is 0 Å². The van der Waals surface area contributed by atoms with Crippen LogP contribution in [0, 0.1) is 0 Å². The number of ether oxygens (including phenoxy) is 1. The molecule has 4 rings (SSSR count). The summed E-state index contributed by atoms with van der Waals surface area (Å²) in [7, 11) is 0. The van der Waals surface area contributed by atoms with E-state index in [1.165, 1.54) is 16.5 Å². The molecular weight excluding hydrogens is 365 g/mol. The molecule has 0 radical (unpaired) electrons. The van der Waals surface area contributed by atoms with Crippen LogP contribution in [0.15, 0.2) is 29.8 Å². The second-order valence-electron chi connectivity index (χ2n) is 6.59. The predicted octanol–water partition coefficient (Wildman–Crippen LogP) is 3.87. The molecule has 0 unspecified atom stereocenters. The Kier molecular flexibility index (Phi) is 4.27. The number of nitrogens with zero attached hydrogens (tertiary/aromatic N) is 2. The number of pyridine rings is 1. The monoisotopic (exact) mass is 382 g/mol. The van der Waals surface area contributed by atoms with E-state index in [2.05, 4.69) is 16.4 Å². The minimum Gasteiger partial charge on any atom is -0.369 e. The van der Waals surface area contributed by atoms with E-state index in [0.717, 1.165) is 18.7 Å². The fourth-order valence-corrected chi connectivity index (χ4v) is 4.84. The Bertz CT molecular complexity index is 809. The summed E-state index contributed by atoms with van der Waals surface area (Å²) in [6.07, 6.45) is -1.19. The third-order valence-corrected chi connectivity index (χ3v) is 6.21. The van der Waals surface area contributed by atoms with Crippen molar-refractivity contribution in [3.63, 3.8) is 0 Å². The van der Waals surface area contributed by atoms with Crippen LogP contribution in [0.3, 0.4) is 0 Å². The average Bonchev–Trinajstić information content (AvgIpc) is 3.12. The van der Waals surface area contributed by atoms with Crippen LogP contribution in [-0.4, -0.2) is 35.5 Å². The van der Waals surface area contributed by atoms with Gasteiger partial charge in [0, 0.05) is 24.2 Å². The van der Waals surface area contributed by atoms with Crippen molar-refractivity contribution in [2.75, 3.05) is 19.7 Å². The van der Waals surface area contributed by atoms with Gasteiger partial charge in [-0.15, -0.1) is 11.3 Å². The maximum atomic E-state index is 12.6. The zero-order valence-electron chi connectivity index (χ0n) is 13.9. The normalized spacial score (nSPS) is 19.4. The molecule has 1 spiro atoms. The van der Waals surface area contributed by atoms with E-state index < -0.39 is 11.9 Å². The van der Waals surface area contributed by atoms with Gasteiger partial charge in [-0.3, -0.25) is 9.78 Å². The number of fused-ring (bicyclic) bond motifs is 2. The molecule has 4 nitrogen and oxygen atoms in total. The highest BCUT2D eigenvalue weighted by Crippen LogP contribution is 2.44. The number of halogens is 3. The molecule has 0 N–H and O–H groups in total. The maximum absolute atomic E-state index is 12.6. The van der Waals surface area contributed by atoms with Gasteiger partial charge in [-0.05, 0) is 48.4 Å². The molecule has 0 aliphatic carbocycles. The lowest BCUT2D eigenvalue weighted by molar-refractivity contribution is -0.141. The molecule has 0 aromatic carbocycles. The smallest absolute Gasteiger partial charge is 0.369 e. The van der Waals surface area contributed by atoms with Crippen molar-refractivity contribution in [3.05, 3.63) is 51.5 Å². The van der Waals surface area contributed by atoms with Crippen molar-refractivity contribution in [3.8, 4) is 0 Å². The molecule has 1 amide bonds. The van der Waals surface area contributed by atoms with Crippen molar-refractivity contribution in [1.29, 1.82) is 0 Å². The predicted molar refractivity (Wildman–Crippen MR) is 90.0 cm³/mol. The maximum Gasteiger partial charge on any atom is 0.433 e. The fourth-order valence-electron chi connectivity index (χ4n) is 3.67. The SMILES string of the molecule is O=C(c1ccc(C(F)(F)F)nc1)N1CCC2(CC1)OCCc1ccsc12. The van der Waals surface area contributed by atoms with Crippen LogP contribution in [0.1, 0.15) is 39.3 Å². The second-order valence-corrected chi connectivity index (χ2v) is 7.51. The van der Waals surface area contributed by atoms with Crippen LogP contribution in [0.2, 0.25) is 0 Å². The Morgan fingerprint density at radius 2 is 2.00 bits per heavy atom. The first kappa shape index (κ1) is 17.5. The summed E-state index contributed by atoms with van der Waals surface area (Å²) in [5, 5.41) is 2.08. The minimum absolute atomic E-state index is 0.176. The first-order valence-electron chi connectivity index (χ1n) is 8.42. The first-order chi connectivity index (χ1) is 12.4. The molecule has 2 aliphatic rings. The summed E-state index contributed by atoms with van der Waals surface area (Å²) < 4.78 is 43.9. The van der Waals surface area contributed by atoms with Gasteiger partial charge in [0.15, 0.2) is 0 Å². The summed E-state index contributed by atoms with van der Waals surface area (Å²) in [5.41, 5.74) is 0.187. The van der Waals surface area contributed by atoms with Crippen LogP contribution >= 0.6 is 11.3 Å². The van der Waals surface area contributed by atoms with Crippen molar-refractivity contribution in [1.82, 2.24) is 9.88 Å². The van der Waals surface area contributed by atoms with E-state index in [9.17, 15) is 18.0 Å². The molecule has 0 saturated carbocycles. The van der Waals surface area contributed by atoms with Gasteiger partial charge in [0.25, 0.3) is 5.91 Å². The number of amides is 1. The largest absolute Gasteiger partial charge is 0.433 e. The van der Waals surface area contributed by atoms with Gasteiger partial charge in [-0.2, -0.15) is 13.2 Å². The number of thiophene rings is 1. The van der Waals surface area contributed by atoms with Crippen LogP contribution in [-0.2, 0) is 22.9 Å². The van der Waals surface area contributed by atoms with Crippen molar-refractivity contribution >= 4 is 17.2 Å². The number of likely N-dealkylation sites (tertiary alicyclic amines) is 1. The molecule has 2 aliphatic heterocycles. The molecule has 1 saturated heterocycles. The number of hydrogen-bond donors (Lipinski definition) is 0. The van der Waals surface area contributed by atoms with Crippen molar-refractivity contribution < 1.29 is 22.7 Å². The summed E-state index contributed by atoms with van der Waals surface area (Å²) in [5.74, 6) is -0.289. The lowest BCUT2D eigenvalue weighted by Crippen LogP contribution is -2.47. The van der Waals surface area contributed by atoms with E-state index in [1.807, 2.05) is 0 Å². The zero-order chi connectivity index (χ0) is 18.4. The van der Waals surface area contributed by atoms with Crippen LogP contribution in [0.5, 0.6) is 0 Å². The van der Waals surface area contributed by atoms with Gasteiger partial charge < -0.3 is 9.64 Å². The number of carbonyl (C=O) groups excluding carboxylic acids is 1. The Hall–Kier alpha value is -1.93. The molecule has 4 heterocycles. The number of piperidine rings is 1. The zero-order valence-corrected chi connectivity index (χ0v) is 14.7. The fraction of sp³-hybridized carbons (Fsp3) is 0.444. The first-order valence-corrected chi connectivity index (χ1v) is 9.30. The molecule has 8 heteroatoms. The summed E-state index contributed by atoms with van der Waals surface area (Å²) in [4.78, 5) is 18.9. The lowest BCUT2D eigenvalue weighted by Gasteiger charge is -2.43. The number of carbonyl (C=O) groups is 1. The Labute approximate surface area is 152 Å². The quantitative estimate of drug-likeness (QED) is 0.752. The van der Waals surface area contributed by atoms with Crippen LogP contribution in [0.25, 0.3) is 0 Å². The van der Waals surface area contributed by atoms with E-state index in [0.29, 0.717) is 32.5 Å². The van der Waals surface area contributed by atoms with Gasteiger partial charge in [-0.25, -0.2) is 0 Å². The van der Waals surface area contributed by atoms with Crippen molar-refractivity contribution in [2.45, 2.75) is 31.0 Å². The highest BCUT2D eigenvalue weighted by Gasteiger charge is 2.42. The Morgan fingerprint density at radius 1 is 1.23 bits per heavy atom. The second kappa shape index (κ2) is 6.35. The molecule has 2 aromatic rings. The van der Waals surface area contributed by atoms with E-state index in [4.69, 9.17) is 4.74 Å². The van der Waals surface area contributed by atoms with Gasteiger partial charge in [-0.1, -0.05) is 0 Å². The summed E-state index contributed by atoms with van der Waals surface area (Å²) in [6, 6.07) is 4.17. The Morgan fingerprint density at radius 3 is 2.65 bits per heavy atom. The molecule has 1 fully saturated rings. The van der Waals surface area contributed by atoms with Crippen LogP contribution < -0.4 is 0 Å². The van der Waals surface area contributed by atoms with Gasteiger partial charge in [0.2, 0.25) is 0 Å². The highest BCUT2D eigenvalue weighted by atomic mass is 32.1. The van der Waals surface area contributed by atoms with Gasteiger partial charge in [0.05, 0.1) is 12.2 Å². The van der Waals surface area contributed by atoms with E-state index in [1.54, 1.807) is 16.2 Å². The van der Waals surface area contributed by atoms with Crippen LogP contribution in [0.4, 0.5) is 13.2 Å². The van der Waals surface area contributed by atoms with Gasteiger partial charge >= 0.3 is 6.18 Å². The third-order valence-electron chi connectivity index (χ3n) is 5.07. The standard InChI is InChI=1S/C18H17F3N2O2S/c19-18(20,21)14-2-1-13(11-22-14)16(24)23-7-5-17(6-8-23)15-12(3-9-25-17)4-10-26-15/h1-2,4,10-11H,3,5-9H2. The molecule has 0 bridgehead atoms. The minimum atomic E-state index is -4.50. The molecule has 138 valence electrons. The lowest BCUT2D eigenvalue weighted by atomic mass is 9.85. The highest BCUT2D eigenvalue weighted by molar-refractivity contribution is 7.10. The third kappa shape index (κ3) is 3.01. The topological polar surface area (TPSA) is 42.4 Å². The number of alkyl halides is 3. The number of aromatic nitrogens is 1. The number of rotatable bonds is 1. The van der Waals surface area contributed by atoms with Gasteiger partial charge in [0.1, 0.15) is 11.3 Å². The molecular formula is C18H17F3N2O2S. The molecule has 26 heavy (non-hydrogen) atoms. The summed E-state index contributed by atoms with van der Waals surface area (Å²) in [6.45, 7) is 1.70. The molecule has 2 aromatic heterocycles.